The average Bonchev–Trinajstić information content (AvgIpc) is 4.07. The van der Waals surface area contributed by atoms with Crippen molar-refractivity contribution < 1.29 is 4.42 Å². The topological polar surface area (TPSA) is 48.8 Å². The van der Waals surface area contributed by atoms with E-state index in [1.54, 1.807) is 22.7 Å². The van der Waals surface area contributed by atoms with Gasteiger partial charge in [0.2, 0.25) is 0 Å². The van der Waals surface area contributed by atoms with Gasteiger partial charge >= 0.3 is 0 Å². The lowest BCUT2D eigenvalue weighted by Gasteiger charge is -2.09. The van der Waals surface area contributed by atoms with E-state index in [2.05, 4.69) is 163 Å². The van der Waals surface area contributed by atoms with Gasteiger partial charge in [0, 0.05) is 66.2 Å². The lowest BCUT2D eigenvalue weighted by molar-refractivity contribution is 0.597. The van der Waals surface area contributed by atoms with Gasteiger partial charge in [0.05, 0.1) is 34.5 Å². The van der Waals surface area contributed by atoms with Crippen molar-refractivity contribution in [2.75, 3.05) is 0 Å². The van der Waals surface area contributed by atoms with Crippen LogP contribution in [0.5, 0.6) is 0 Å². The number of pyridine rings is 2. The van der Waals surface area contributed by atoms with E-state index in [4.69, 9.17) is 4.42 Å². The molecule has 0 aliphatic heterocycles. The third kappa shape index (κ3) is 4.89. The molecule has 0 saturated heterocycles. The molecule has 7 aromatic heterocycles. The first-order chi connectivity index (χ1) is 26.3. The Morgan fingerprint density at radius 1 is 0.415 bits per heavy atom. The lowest BCUT2D eigenvalue weighted by Crippen LogP contribution is -1.94. The summed E-state index contributed by atoms with van der Waals surface area (Å²) in [5, 5.41) is 8.86. The summed E-state index contributed by atoms with van der Waals surface area (Å²) in [7, 11) is 0. The van der Waals surface area contributed by atoms with Crippen LogP contribution in [0.3, 0.4) is 0 Å². The number of fused-ring (bicyclic) bond motifs is 6. The highest BCUT2D eigenvalue weighted by Crippen LogP contribution is 2.39. The second kappa shape index (κ2) is 12.0. The van der Waals surface area contributed by atoms with Crippen molar-refractivity contribution in [1.29, 1.82) is 0 Å². The Bertz CT molecular complexity index is 2880. The maximum Gasteiger partial charge on any atom is 0.134 e. The normalized spacial score (nSPS) is 11.8. The Labute approximate surface area is 312 Å². The van der Waals surface area contributed by atoms with Gasteiger partial charge < -0.3 is 13.6 Å². The molecule has 0 N–H and O–H groups in total. The fourth-order valence-electron chi connectivity index (χ4n) is 7.68. The number of hydrogen-bond acceptors (Lipinski definition) is 5. The van der Waals surface area contributed by atoms with Gasteiger partial charge in [0.15, 0.2) is 0 Å². The molecule has 0 bridgehead atoms. The molecule has 0 aliphatic carbocycles. The van der Waals surface area contributed by atoms with Crippen molar-refractivity contribution in [3.05, 3.63) is 169 Å². The first kappa shape index (κ1) is 30.1. The zero-order valence-electron chi connectivity index (χ0n) is 28.2. The number of furan rings is 1. The Morgan fingerprint density at radius 2 is 0.868 bits per heavy atom. The van der Waals surface area contributed by atoms with Crippen molar-refractivity contribution >= 4 is 66.3 Å². The molecule has 0 unspecified atom stereocenters. The van der Waals surface area contributed by atoms with Gasteiger partial charge in [-0.2, -0.15) is 0 Å². The van der Waals surface area contributed by atoms with Crippen LogP contribution >= 0.6 is 22.7 Å². The summed E-state index contributed by atoms with van der Waals surface area (Å²) in [4.78, 5) is 11.5. The van der Waals surface area contributed by atoms with E-state index in [0.29, 0.717) is 0 Å². The molecule has 4 aromatic carbocycles. The molecule has 0 atom stereocenters. The molecular formula is C46H28N4OS2. The number of nitrogens with zero attached hydrogens (tertiary/aromatic N) is 4. The molecule has 53 heavy (non-hydrogen) atoms. The summed E-state index contributed by atoms with van der Waals surface area (Å²) in [5.74, 6) is 1.66. The molecule has 250 valence electrons. The predicted octanol–water partition coefficient (Wildman–Crippen LogP) is 13.1. The van der Waals surface area contributed by atoms with Gasteiger partial charge in [0.1, 0.15) is 11.5 Å². The van der Waals surface area contributed by atoms with E-state index < -0.39 is 0 Å². The molecule has 0 aliphatic rings. The number of aromatic nitrogens is 4. The molecule has 0 spiro atoms. The SMILES string of the molecule is c1csc(-c2ccc(-n3c4ccc(-c5ccc(-c6ccc7c(c6)c6ccncc6n7-c6ccc(-c7cccs7)cc6)o5)cc4c4ccncc43)cc2)c1. The highest BCUT2D eigenvalue weighted by atomic mass is 32.1. The molecule has 11 aromatic rings. The Hall–Kier alpha value is -6.54. The van der Waals surface area contributed by atoms with E-state index in [9.17, 15) is 0 Å². The van der Waals surface area contributed by atoms with Crippen molar-refractivity contribution in [2.45, 2.75) is 0 Å². The molecule has 0 amide bonds. The second-order valence-electron chi connectivity index (χ2n) is 13.1. The first-order valence-electron chi connectivity index (χ1n) is 17.4. The third-order valence-corrected chi connectivity index (χ3v) is 12.0. The number of benzene rings is 4. The number of rotatable bonds is 6. The van der Waals surface area contributed by atoms with Crippen LogP contribution in [0.25, 0.3) is 98.5 Å². The molecule has 7 heterocycles. The van der Waals surface area contributed by atoms with Gasteiger partial charge in [-0.15, -0.1) is 22.7 Å². The summed E-state index contributed by atoms with van der Waals surface area (Å²) in [6, 6.07) is 47.6. The average molecular weight is 717 g/mol. The first-order valence-corrected chi connectivity index (χ1v) is 19.2. The van der Waals surface area contributed by atoms with Gasteiger partial charge in [-0.1, -0.05) is 36.4 Å². The van der Waals surface area contributed by atoms with E-state index in [1.165, 1.54) is 20.9 Å². The summed E-state index contributed by atoms with van der Waals surface area (Å²) in [6.45, 7) is 0. The third-order valence-electron chi connectivity index (χ3n) is 10.2. The smallest absolute Gasteiger partial charge is 0.134 e. The Morgan fingerprint density at radius 3 is 1.30 bits per heavy atom. The van der Waals surface area contributed by atoms with Gasteiger partial charge in [-0.25, -0.2) is 0 Å². The maximum absolute atomic E-state index is 6.62. The van der Waals surface area contributed by atoms with Crippen LogP contribution in [-0.2, 0) is 0 Å². The van der Waals surface area contributed by atoms with Crippen LogP contribution in [-0.4, -0.2) is 19.1 Å². The van der Waals surface area contributed by atoms with Gasteiger partial charge in [0.25, 0.3) is 0 Å². The standard InChI is InChI=1S/C46H28N4OS2/c1-3-45(52-23-1)29-5-11-33(12-6-29)49-39-15-9-31(25-37(39)35-19-21-47-27-41(35)49)43-17-18-44(51-43)32-10-16-40-38(26-32)36-20-22-48-28-42(36)50(40)34-13-7-30(8-14-34)46-4-2-24-53-46/h1-28H. The van der Waals surface area contributed by atoms with Gasteiger partial charge in [-0.3, -0.25) is 9.97 Å². The van der Waals surface area contributed by atoms with Crippen molar-refractivity contribution in [3.63, 3.8) is 0 Å². The van der Waals surface area contributed by atoms with E-state index in [-0.39, 0.29) is 0 Å². The van der Waals surface area contributed by atoms with Crippen LogP contribution in [0.1, 0.15) is 0 Å². The second-order valence-corrected chi connectivity index (χ2v) is 15.0. The highest BCUT2D eigenvalue weighted by molar-refractivity contribution is 7.13. The fraction of sp³-hybridized carbons (Fsp3) is 0. The van der Waals surface area contributed by atoms with E-state index in [1.807, 2.05) is 24.8 Å². The summed E-state index contributed by atoms with van der Waals surface area (Å²) < 4.78 is 11.2. The Kier molecular flexibility index (Phi) is 6.83. The zero-order chi connectivity index (χ0) is 34.9. The monoisotopic (exact) mass is 716 g/mol. The molecule has 0 radical (unpaired) electrons. The summed E-state index contributed by atoms with van der Waals surface area (Å²) >= 11 is 3.51. The number of thiophene rings is 2. The van der Waals surface area contributed by atoms with Crippen LogP contribution < -0.4 is 0 Å². The van der Waals surface area contributed by atoms with Crippen molar-refractivity contribution in [2.24, 2.45) is 0 Å². The molecule has 5 nitrogen and oxygen atoms in total. The summed E-state index contributed by atoms with van der Waals surface area (Å²) in [6.07, 6.45) is 7.65. The van der Waals surface area contributed by atoms with Crippen LogP contribution in [0.2, 0.25) is 0 Å². The van der Waals surface area contributed by atoms with E-state index >= 15 is 0 Å². The predicted molar refractivity (Wildman–Crippen MR) is 220 cm³/mol. The highest BCUT2D eigenvalue weighted by Gasteiger charge is 2.17. The minimum absolute atomic E-state index is 0.828. The maximum atomic E-state index is 6.62. The van der Waals surface area contributed by atoms with Crippen LogP contribution in [0.4, 0.5) is 0 Å². The minimum atomic E-state index is 0.828. The Balaban J connectivity index is 0.966. The largest absolute Gasteiger partial charge is 0.456 e. The molecule has 0 saturated carbocycles. The number of hydrogen-bond donors (Lipinski definition) is 0. The quantitative estimate of drug-likeness (QED) is 0.172. The minimum Gasteiger partial charge on any atom is -0.456 e. The molecular weight excluding hydrogens is 689 g/mol. The lowest BCUT2D eigenvalue weighted by atomic mass is 10.1. The molecule has 0 fully saturated rings. The molecule has 7 heteroatoms. The summed E-state index contributed by atoms with van der Waals surface area (Å²) in [5.41, 5.74) is 11.1. The van der Waals surface area contributed by atoms with Crippen molar-refractivity contribution in [3.8, 4) is 54.9 Å². The fourth-order valence-corrected chi connectivity index (χ4v) is 9.15. The zero-order valence-corrected chi connectivity index (χ0v) is 29.8. The van der Waals surface area contributed by atoms with Gasteiger partial charge in [-0.05, 0) is 119 Å². The van der Waals surface area contributed by atoms with Crippen LogP contribution in [0, 0.1) is 0 Å². The van der Waals surface area contributed by atoms with E-state index in [0.717, 1.165) is 77.6 Å². The van der Waals surface area contributed by atoms with Crippen molar-refractivity contribution in [1.82, 2.24) is 19.1 Å². The van der Waals surface area contributed by atoms with Crippen LogP contribution in [0.15, 0.2) is 173 Å². The molecule has 11 rings (SSSR count).